The average molecular weight is 242 g/mol. The molecule has 2 atom stereocenters. The molecule has 0 bridgehead atoms. The molecular weight excluding hydrogens is 212 g/mol. The van der Waals surface area contributed by atoms with Gasteiger partial charge in [-0.05, 0) is 45.3 Å². The van der Waals surface area contributed by atoms with Crippen LogP contribution in [0.4, 0.5) is 0 Å². The van der Waals surface area contributed by atoms with E-state index >= 15 is 0 Å². The molecule has 0 spiro atoms. The number of aliphatic hydroxyl groups excluding tert-OH is 1. The van der Waals surface area contributed by atoms with Crippen molar-refractivity contribution in [2.75, 3.05) is 33.3 Å². The van der Waals surface area contributed by atoms with E-state index in [4.69, 9.17) is 5.11 Å². The lowest BCUT2D eigenvalue weighted by Crippen LogP contribution is -2.48. The summed E-state index contributed by atoms with van der Waals surface area (Å²) in [5.74, 6) is 0.825. The smallest absolute Gasteiger partial charge is 0.0431 e. The summed E-state index contributed by atoms with van der Waals surface area (Å²) in [4.78, 5) is 2.63. The molecule has 2 N–H and O–H groups in total. The van der Waals surface area contributed by atoms with Gasteiger partial charge in [-0.1, -0.05) is 26.2 Å². The maximum absolute atomic E-state index is 8.72. The molecule has 0 aliphatic carbocycles. The zero-order valence-electron chi connectivity index (χ0n) is 11.6. The Labute approximate surface area is 107 Å². The van der Waals surface area contributed by atoms with Gasteiger partial charge in [-0.2, -0.15) is 0 Å². The summed E-state index contributed by atoms with van der Waals surface area (Å²) in [6, 6.07) is 0.727. The molecule has 1 fully saturated rings. The molecule has 1 aliphatic heterocycles. The first-order chi connectivity index (χ1) is 8.31. The predicted molar refractivity (Wildman–Crippen MR) is 73.2 cm³/mol. The van der Waals surface area contributed by atoms with Gasteiger partial charge in [-0.25, -0.2) is 0 Å². The van der Waals surface area contributed by atoms with Crippen molar-refractivity contribution in [3.63, 3.8) is 0 Å². The van der Waals surface area contributed by atoms with E-state index in [0.717, 1.165) is 18.4 Å². The minimum absolute atomic E-state index is 0.353. The van der Waals surface area contributed by atoms with Crippen molar-refractivity contribution in [1.29, 1.82) is 0 Å². The Balaban J connectivity index is 2.14. The van der Waals surface area contributed by atoms with Crippen molar-refractivity contribution >= 4 is 0 Å². The predicted octanol–water partition coefficient (Wildman–Crippen LogP) is 1.86. The van der Waals surface area contributed by atoms with Crippen LogP contribution in [0.15, 0.2) is 0 Å². The molecule has 17 heavy (non-hydrogen) atoms. The molecule has 3 heteroatoms. The van der Waals surface area contributed by atoms with E-state index in [0.29, 0.717) is 6.61 Å². The molecule has 1 saturated heterocycles. The first-order valence-electron chi connectivity index (χ1n) is 7.32. The van der Waals surface area contributed by atoms with Gasteiger partial charge in [0.2, 0.25) is 0 Å². The van der Waals surface area contributed by atoms with E-state index in [9.17, 15) is 0 Å². The van der Waals surface area contributed by atoms with Crippen LogP contribution in [-0.4, -0.2) is 49.3 Å². The number of piperidine rings is 1. The molecule has 3 nitrogen and oxygen atoms in total. The van der Waals surface area contributed by atoms with Gasteiger partial charge in [0, 0.05) is 19.2 Å². The second kappa shape index (κ2) is 8.90. The van der Waals surface area contributed by atoms with E-state index in [-0.39, 0.29) is 0 Å². The Hall–Kier alpha value is -0.120. The Morgan fingerprint density at radius 1 is 1.24 bits per heavy atom. The van der Waals surface area contributed by atoms with Gasteiger partial charge in [0.1, 0.15) is 0 Å². The fraction of sp³-hybridized carbons (Fsp3) is 1.00. The van der Waals surface area contributed by atoms with Crippen molar-refractivity contribution < 1.29 is 5.11 Å². The molecule has 0 aromatic rings. The summed E-state index contributed by atoms with van der Waals surface area (Å²) in [6.45, 7) is 6.42. The van der Waals surface area contributed by atoms with Crippen LogP contribution in [0.2, 0.25) is 0 Å². The topological polar surface area (TPSA) is 35.5 Å². The van der Waals surface area contributed by atoms with Crippen LogP contribution in [0.25, 0.3) is 0 Å². The first kappa shape index (κ1) is 14.9. The van der Waals surface area contributed by atoms with Crippen LogP contribution >= 0.6 is 0 Å². The maximum atomic E-state index is 8.72. The van der Waals surface area contributed by atoms with E-state index < -0.39 is 0 Å². The zero-order chi connectivity index (χ0) is 12.5. The van der Waals surface area contributed by atoms with E-state index in [1.165, 1.54) is 51.7 Å². The lowest BCUT2D eigenvalue weighted by molar-refractivity contribution is 0.136. The van der Waals surface area contributed by atoms with Crippen LogP contribution in [0.3, 0.4) is 0 Å². The van der Waals surface area contributed by atoms with E-state index in [1.807, 2.05) is 0 Å². The van der Waals surface area contributed by atoms with Gasteiger partial charge in [0.25, 0.3) is 0 Å². The summed E-state index contributed by atoms with van der Waals surface area (Å²) in [6.07, 6.45) is 7.29. The third-order valence-corrected chi connectivity index (χ3v) is 4.10. The lowest BCUT2D eigenvalue weighted by Gasteiger charge is -2.38. The van der Waals surface area contributed by atoms with Gasteiger partial charge >= 0.3 is 0 Å². The largest absolute Gasteiger partial charge is 0.396 e. The Bertz CT molecular complexity index is 187. The number of nitrogens with one attached hydrogen (secondary N) is 1. The van der Waals surface area contributed by atoms with Crippen molar-refractivity contribution in [3.05, 3.63) is 0 Å². The molecule has 0 saturated carbocycles. The van der Waals surface area contributed by atoms with Gasteiger partial charge in [0.05, 0.1) is 0 Å². The van der Waals surface area contributed by atoms with Gasteiger partial charge < -0.3 is 15.3 Å². The SMILES string of the molecule is CCC1CN(CCCCCCO)CCC1NC. The summed E-state index contributed by atoms with van der Waals surface area (Å²) in [5.41, 5.74) is 0. The normalized spacial score (nSPS) is 26.3. The van der Waals surface area contributed by atoms with Crippen LogP contribution in [-0.2, 0) is 0 Å². The highest BCUT2D eigenvalue weighted by Gasteiger charge is 2.26. The summed E-state index contributed by atoms with van der Waals surface area (Å²) < 4.78 is 0. The maximum Gasteiger partial charge on any atom is 0.0431 e. The molecule has 1 rings (SSSR count). The zero-order valence-corrected chi connectivity index (χ0v) is 11.6. The Morgan fingerprint density at radius 2 is 2.00 bits per heavy atom. The van der Waals surface area contributed by atoms with Gasteiger partial charge in [0.15, 0.2) is 0 Å². The molecule has 2 unspecified atom stereocenters. The highest BCUT2D eigenvalue weighted by Crippen LogP contribution is 2.20. The molecule has 102 valence electrons. The molecule has 0 aromatic heterocycles. The number of rotatable bonds is 8. The molecule has 1 aliphatic rings. The highest BCUT2D eigenvalue weighted by atomic mass is 16.2. The Kier molecular flexibility index (Phi) is 7.82. The standard InChI is InChI=1S/C14H30N2O/c1-3-13-12-16(10-8-14(13)15-2)9-6-4-5-7-11-17/h13-15,17H,3-12H2,1-2H3. The minimum Gasteiger partial charge on any atom is -0.396 e. The highest BCUT2D eigenvalue weighted by molar-refractivity contribution is 4.83. The number of aliphatic hydroxyl groups is 1. The minimum atomic E-state index is 0.353. The summed E-state index contributed by atoms with van der Waals surface area (Å²) >= 11 is 0. The molecule has 0 aromatic carbocycles. The van der Waals surface area contributed by atoms with Gasteiger partial charge in [-0.3, -0.25) is 0 Å². The van der Waals surface area contributed by atoms with Crippen molar-refractivity contribution in [1.82, 2.24) is 10.2 Å². The first-order valence-corrected chi connectivity index (χ1v) is 7.32. The van der Waals surface area contributed by atoms with Crippen LogP contribution in [0.1, 0.15) is 45.4 Å². The lowest BCUT2D eigenvalue weighted by atomic mass is 9.90. The van der Waals surface area contributed by atoms with Crippen LogP contribution in [0.5, 0.6) is 0 Å². The summed E-state index contributed by atoms with van der Waals surface area (Å²) in [7, 11) is 2.10. The fourth-order valence-electron chi connectivity index (χ4n) is 2.91. The number of hydrogen-bond donors (Lipinski definition) is 2. The van der Waals surface area contributed by atoms with Crippen LogP contribution in [0, 0.1) is 5.92 Å². The van der Waals surface area contributed by atoms with Crippen molar-refractivity contribution in [3.8, 4) is 0 Å². The molecule has 0 amide bonds. The third-order valence-electron chi connectivity index (χ3n) is 4.10. The van der Waals surface area contributed by atoms with Crippen molar-refractivity contribution in [2.45, 2.75) is 51.5 Å². The molecule has 1 heterocycles. The number of likely N-dealkylation sites (tertiary alicyclic amines) is 1. The second-order valence-corrected chi connectivity index (χ2v) is 5.29. The second-order valence-electron chi connectivity index (χ2n) is 5.29. The third kappa shape index (κ3) is 5.36. The molecule has 0 radical (unpaired) electrons. The van der Waals surface area contributed by atoms with Crippen LogP contribution < -0.4 is 5.32 Å². The van der Waals surface area contributed by atoms with E-state index in [2.05, 4.69) is 24.2 Å². The summed E-state index contributed by atoms with van der Waals surface area (Å²) in [5, 5.41) is 12.2. The van der Waals surface area contributed by atoms with Gasteiger partial charge in [-0.15, -0.1) is 0 Å². The Morgan fingerprint density at radius 3 is 2.65 bits per heavy atom. The number of unbranched alkanes of at least 4 members (excludes halogenated alkanes) is 3. The quantitative estimate of drug-likeness (QED) is 0.638. The monoisotopic (exact) mass is 242 g/mol. The molecular formula is C14H30N2O. The average Bonchev–Trinajstić information content (AvgIpc) is 2.38. The fourth-order valence-corrected chi connectivity index (χ4v) is 2.91. The number of hydrogen-bond acceptors (Lipinski definition) is 3. The number of nitrogens with zero attached hydrogens (tertiary/aromatic N) is 1. The van der Waals surface area contributed by atoms with E-state index in [1.54, 1.807) is 0 Å². The van der Waals surface area contributed by atoms with Crippen molar-refractivity contribution in [2.24, 2.45) is 5.92 Å².